The van der Waals surface area contributed by atoms with Gasteiger partial charge in [-0.15, -0.1) is 0 Å². The summed E-state index contributed by atoms with van der Waals surface area (Å²) in [6.07, 6.45) is 0. The minimum atomic E-state index is 0.696. The number of para-hydroxylation sites is 2. The lowest BCUT2D eigenvalue weighted by molar-refractivity contribution is 0.285. The van der Waals surface area contributed by atoms with Crippen molar-refractivity contribution < 1.29 is 4.42 Å². The Balaban J connectivity index is 1.50. The number of fused-ring (bicyclic) bond motifs is 2. The molecule has 0 unspecified atom stereocenters. The maximum atomic E-state index is 5.79. The van der Waals surface area contributed by atoms with E-state index in [1.807, 2.05) is 24.3 Å². The van der Waals surface area contributed by atoms with Gasteiger partial charge in [-0.2, -0.15) is 0 Å². The minimum Gasteiger partial charge on any atom is -0.439 e. The molecule has 0 aliphatic rings. The maximum Gasteiger partial charge on any atom is 0.209 e. The van der Waals surface area contributed by atoms with Gasteiger partial charge in [0.05, 0.1) is 6.54 Å². The number of aromatic nitrogens is 1. The van der Waals surface area contributed by atoms with E-state index in [0.717, 1.165) is 23.5 Å². The van der Waals surface area contributed by atoms with E-state index in [4.69, 9.17) is 4.42 Å². The molecule has 3 aromatic carbocycles. The van der Waals surface area contributed by atoms with Crippen LogP contribution in [0, 0.1) is 0 Å². The summed E-state index contributed by atoms with van der Waals surface area (Å²) in [6.45, 7) is 1.56. The molecule has 0 saturated heterocycles. The van der Waals surface area contributed by atoms with Crippen molar-refractivity contribution >= 4 is 21.9 Å². The van der Waals surface area contributed by atoms with Gasteiger partial charge >= 0.3 is 0 Å². The molecule has 0 spiro atoms. The van der Waals surface area contributed by atoms with Crippen LogP contribution in [-0.2, 0) is 13.1 Å². The second-order valence-electron chi connectivity index (χ2n) is 5.93. The highest BCUT2D eigenvalue weighted by atomic mass is 16.3. The Hall–Kier alpha value is -2.65. The molecule has 3 nitrogen and oxygen atoms in total. The van der Waals surface area contributed by atoms with Gasteiger partial charge < -0.3 is 4.42 Å². The van der Waals surface area contributed by atoms with Crippen molar-refractivity contribution in [2.45, 2.75) is 13.1 Å². The first-order valence-corrected chi connectivity index (χ1v) is 7.78. The highest BCUT2D eigenvalue weighted by Crippen LogP contribution is 2.19. The van der Waals surface area contributed by atoms with Crippen LogP contribution in [-0.4, -0.2) is 16.9 Å². The zero-order valence-electron chi connectivity index (χ0n) is 13.1. The van der Waals surface area contributed by atoms with Crippen molar-refractivity contribution in [2.24, 2.45) is 0 Å². The van der Waals surface area contributed by atoms with Crippen LogP contribution in [0.2, 0.25) is 0 Å². The molecule has 0 bridgehead atoms. The molecular weight excluding hydrogens is 284 g/mol. The summed E-state index contributed by atoms with van der Waals surface area (Å²) in [5.74, 6) is 0.759. The lowest BCUT2D eigenvalue weighted by atomic mass is 10.1. The van der Waals surface area contributed by atoms with Crippen LogP contribution >= 0.6 is 0 Å². The van der Waals surface area contributed by atoms with Gasteiger partial charge in [0.25, 0.3) is 0 Å². The van der Waals surface area contributed by atoms with Crippen molar-refractivity contribution in [3.63, 3.8) is 0 Å². The normalized spacial score (nSPS) is 11.6. The van der Waals surface area contributed by atoms with E-state index in [-0.39, 0.29) is 0 Å². The van der Waals surface area contributed by atoms with Crippen LogP contribution in [0.5, 0.6) is 0 Å². The van der Waals surface area contributed by atoms with Crippen molar-refractivity contribution in [1.82, 2.24) is 9.88 Å². The minimum absolute atomic E-state index is 0.696. The monoisotopic (exact) mass is 302 g/mol. The predicted molar refractivity (Wildman–Crippen MR) is 93.1 cm³/mol. The molecule has 0 fully saturated rings. The van der Waals surface area contributed by atoms with Gasteiger partial charge in [-0.05, 0) is 41.6 Å². The highest BCUT2D eigenvalue weighted by molar-refractivity contribution is 5.83. The maximum absolute atomic E-state index is 5.79. The molecule has 3 heteroatoms. The second kappa shape index (κ2) is 5.86. The fourth-order valence-electron chi connectivity index (χ4n) is 2.92. The Morgan fingerprint density at radius 3 is 2.52 bits per heavy atom. The Morgan fingerprint density at radius 2 is 1.65 bits per heavy atom. The highest BCUT2D eigenvalue weighted by Gasteiger charge is 2.09. The van der Waals surface area contributed by atoms with Crippen molar-refractivity contribution in [2.75, 3.05) is 7.05 Å². The predicted octanol–water partition coefficient (Wildman–Crippen LogP) is 4.61. The summed E-state index contributed by atoms with van der Waals surface area (Å²) >= 11 is 0. The van der Waals surface area contributed by atoms with Crippen LogP contribution in [0.15, 0.2) is 71.1 Å². The molecule has 0 amide bonds. The topological polar surface area (TPSA) is 29.3 Å². The Morgan fingerprint density at radius 1 is 0.870 bits per heavy atom. The van der Waals surface area contributed by atoms with E-state index in [9.17, 15) is 0 Å². The smallest absolute Gasteiger partial charge is 0.209 e. The van der Waals surface area contributed by atoms with Gasteiger partial charge in [0.1, 0.15) is 5.52 Å². The Labute approximate surface area is 135 Å². The number of oxazole rings is 1. The summed E-state index contributed by atoms with van der Waals surface area (Å²) in [5, 5.41) is 2.55. The molecule has 4 aromatic rings. The molecular formula is C20H18N2O. The molecule has 114 valence electrons. The van der Waals surface area contributed by atoms with E-state index in [1.165, 1.54) is 16.3 Å². The second-order valence-corrected chi connectivity index (χ2v) is 5.93. The molecule has 23 heavy (non-hydrogen) atoms. The number of rotatable bonds is 4. The van der Waals surface area contributed by atoms with Crippen LogP contribution in [0.25, 0.3) is 21.9 Å². The molecule has 0 radical (unpaired) electrons. The fraction of sp³-hybridized carbons (Fsp3) is 0.150. The Bertz CT molecular complexity index is 925. The first-order valence-electron chi connectivity index (χ1n) is 7.78. The van der Waals surface area contributed by atoms with Crippen LogP contribution in [0.1, 0.15) is 11.5 Å². The third-order valence-corrected chi connectivity index (χ3v) is 4.01. The SMILES string of the molecule is CN(Cc1ccc2ccccc2c1)Cc1nc2ccccc2o1. The zero-order chi connectivity index (χ0) is 15.6. The first-order chi connectivity index (χ1) is 11.3. The summed E-state index contributed by atoms with van der Waals surface area (Å²) < 4.78 is 5.79. The largest absolute Gasteiger partial charge is 0.439 e. The van der Waals surface area contributed by atoms with E-state index < -0.39 is 0 Å². The summed E-state index contributed by atoms with van der Waals surface area (Å²) in [7, 11) is 2.09. The van der Waals surface area contributed by atoms with Crippen molar-refractivity contribution in [1.29, 1.82) is 0 Å². The van der Waals surface area contributed by atoms with Gasteiger partial charge in [-0.1, -0.05) is 48.5 Å². The molecule has 0 saturated carbocycles. The standard InChI is InChI=1S/C20H18N2O/c1-22(14-20-21-18-8-4-5-9-19(18)23-20)13-15-10-11-16-6-2-3-7-17(16)12-15/h2-12H,13-14H2,1H3. The molecule has 0 N–H and O–H groups in total. The van der Waals surface area contributed by atoms with Gasteiger partial charge in [0.2, 0.25) is 5.89 Å². The molecule has 0 aliphatic carbocycles. The summed E-state index contributed by atoms with van der Waals surface area (Å²) in [6, 6.07) is 22.9. The summed E-state index contributed by atoms with van der Waals surface area (Å²) in [5.41, 5.74) is 3.06. The summed E-state index contributed by atoms with van der Waals surface area (Å²) in [4.78, 5) is 6.75. The Kier molecular flexibility index (Phi) is 3.56. The number of hydrogen-bond donors (Lipinski definition) is 0. The van der Waals surface area contributed by atoms with Crippen LogP contribution in [0.4, 0.5) is 0 Å². The fourth-order valence-corrected chi connectivity index (χ4v) is 2.92. The van der Waals surface area contributed by atoms with Crippen molar-refractivity contribution in [3.8, 4) is 0 Å². The average molecular weight is 302 g/mol. The molecule has 0 aliphatic heterocycles. The third-order valence-electron chi connectivity index (χ3n) is 4.01. The average Bonchev–Trinajstić information content (AvgIpc) is 2.96. The molecule has 4 rings (SSSR count). The van der Waals surface area contributed by atoms with Crippen molar-refractivity contribution in [3.05, 3.63) is 78.2 Å². The van der Waals surface area contributed by atoms with E-state index in [1.54, 1.807) is 0 Å². The first kappa shape index (κ1) is 14.0. The van der Waals surface area contributed by atoms with Crippen LogP contribution < -0.4 is 0 Å². The number of nitrogens with zero attached hydrogens (tertiary/aromatic N) is 2. The number of hydrogen-bond acceptors (Lipinski definition) is 3. The molecule has 1 heterocycles. The van der Waals surface area contributed by atoms with Crippen LogP contribution in [0.3, 0.4) is 0 Å². The van der Waals surface area contributed by atoms with Gasteiger partial charge in [0, 0.05) is 6.54 Å². The van der Waals surface area contributed by atoms with E-state index >= 15 is 0 Å². The zero-order valence-corrected chi connectivity index (χ0v) is 13.1. The quantitative estimate of drug-likeness (QED) is 0.551. The van der Waals surface area contributed by atoms with Gasteiger partial charge in [-0.3, -0.25) is 4.90 Å². The van der Waals surface area contributed by atoms with E-state index in [2.05, 4.69) is 59.4 Å². The molecule has 0 atom stereocenters. The number of benzene rings is 3. The third kappa shape index (κ3) is 2.96. The van der Waals surface area contributed by atoms with Gasteiger partial charge in [0.15, 0.2) is 5.58 Å². The lowest BCUT2D eigenvalue weighted by Gasteiger charge is -2.15. The lowest BCUT2D eigenvalue weighted by Crippen LogP contribution is -2.17. The molecule has 1 aromatic heterocycles. The van der Waals surface area contributed by atoms with E-state index in [0.29, 0.717) is 6.54 Å². The van der Waals surface area contributed by atoms with Gasteiger partial charge in [-0.25, -0.2) is 4.98 Å².